The SMILES string of the molecule is CCCCSc1ccc(-c2nc3cnncc3[nH]2)cc1. The summed E-state index contributed by atoms with van der Waals surface area (Å²) in [4.78, 5) is 9.09. The maximum absolute atomic E-state index is 4.52. The number of rotatable bonds is 5. The number of imidazole rings is 1. The van der Waals surface area contributed by atoms with Gasteiger partial charge in [0.2, 0.25) is 0 Å². The van der Waals surface area contributed by atoms with Gasteiger partial charge < -0.3 is 4.98 Å². The van der Waals surface area contributed by atoms with Crippen molar-refractivity contribution in [1.29, 1.82) is 0 Å². The van der Waals surface area contributed by atoms with Gasteiger partial charge in [0.25, 0.3) is 0 Å². The molecule has 2 aromatic heterocycles. The number of H-pyrrole nitrogens is 1. The number of fused-ring (bicyclic) bond motifs is 1. The largest absolute Gasteiger partial charge is 0.337 e. The standard InChI is InChI=1S/C15H16N4S/c1-2-3-8-20-12-6-4-11(5-7-12)15-18-13-9-16-17-10-14(13)19-15/h4-7,9-10H,2-3,8H2,1H3,(H,18,19). The molecule has 3 aromatic rings. The molecule has 3 rings (SSSR count). The lowest BCUT2D eigenvalue weighted by atomic mass is 10.2. The first kappa shape index (κ1) is 13.1. The molecule has 102 valence electrons. The number of benzene rings is 1. The van der Waals surface area contributed by atoms with Crippen molar-refractivity contribution in [2.75, 3.05) is 5.75 Å². The lowest BCUT2D eigenvalue weighted by Crippen LogP contribution is -1.82. The predicted molar refractivity (Wildman–Crippen MR) is 82.8 cm³/mol. The van der Waals surface area contributed by atoms with Gasteiger partial charge in [-0.2, -0.15) is 10.2 Å². The molecule has 0 spiro atoms. The van der Waals surface area contributed by atoms with E-state index in [4.69, 9.17) is 0 Å². The number of hydrogen-bond donors (Lipinski definition) is 1. The molecular weight excluding hydrogens is 268 g/mol. The monoisotopic (exact) mass is 284 g/mol. The number of nitrogens with zero attached hydrogens (tertiary/aromatic N) is 3. The van der Waals surface area contributed by atoms with Gasteiger partial charge in [0.05, 0.1) is 17.9 Å². The van der Waals surface area contributed by atoms with E-state index in [1.807, 2.05) is 11.8 Å². The van der Waals surface area contributed by atoms with Crippen molar-refractivity contribution in [3.05, 3.63) is 36.7 Å². The molecule has 0 amide bonds. The zero-order valence-corrected chi connectivity index (χ0v) is 12.2. The van der Waals surface area contributed by atoms with Gasteiger partial charge in [0.15, 0.2) is 0 Å². The van der Waals surface area contributed by atoms with Gasteiger partial charge in [0.1, 0.15) is 11.3 Å². The van der Waals surface area contributed by atoms with Crippen LogP contribution in [-0.4, -0.2) is 25.9 Å². The highest BCUT2D eigenvalue weighted by molar-refractivity contribution is 7.99. The molecule has 0 unspecified atom stereocenters. The van der Waals surface area contributed by atoms with Crippen LogP contribution in [0.4, 0.5) is 0 Å². The molecule has 2 heterocycles. The number of aromatic amines is 1. The molecule has 20 heavy (non-hydrogen) atoms. The molecule has 0 aliphatic carbocycles. The van der Waals surface area contributed by atoms with Crippen molar-refractivity contribution in [1.82, 2.24) is 20.2 Å². The van der Waals surface area contributed by atoms with Crippen LogP contribution in [0.5, 0.6) is 0 Å². The fourth-order valence-electron chi connectivity index (χ4n) is 1.96. The smallest absolute Gasteiger partial charge is 0.138 e. The molecular formula is C15H16N4S. The minimum atomic E-state index is 0.844. The molecule has 0 radical (unpaired) electrons. The molecule has 0 saturated heterocycles. The zero-order valence-electron chi connectivity index (χ0n) is 11.3. The normalized spacial score (nSPS) is 11.1. The van der Waals surface area contributed by atoms with Crippen LogP contribution in [0, 0.1) is 0 Å². The lowest BCUT2D eigenvalue weighted by Gasteiger charge is -2.02. The highest BCUT2D eigenvalue weighted by Gasteiger charge is 2.05. The van der Waals surface area contributed by atoms with Crippen molar-refractivity contribution in [3.8, 4) is 11.4 Å². The first-order valence-corrected chi connectivity index (χ1v) is 7.75. The van der Waals surface area contributed by atoms with Crippen molar-refractivity contribution in [2.45, 2.75) is 24.7 Å². The Morgan fingerprint density at radius 3 is 2.65 bits per heavy atom. The fourth-order valence-corrected chi connectivity index (χ4v) is 2.95. The Labute approximate surface area is 122 Å². The second kappa shape index (κ2) is 6.05. The van der Waals surface area contributed by atoms with E-state index in [1.165, 1.54) is 23.5 Å². The minimum absolute atomic E-state index is 0.844. The predicted octanol–water partition coefficient (Wildman–Crippen LogP) is 3.91. The van der Waals surface area contributed by atoms with E-state index < -0.39 is 0 Å². The average Bonchev–Trinajstić information content (AvgIpc) is 2.92. The summed E-state index contributed by atoms with van der Waals surface area (Å²) in [5, 5.41) is 7.69. The summed E-state index contributed by atoms with van der Waals surface area (Å²) in [6.45, 7) is 2.22. The van der Waals surface area contributed by atoms with Gasteiger partial charge >= 0.3 is 0 Å². The van der Waals surface area contributed by atoms with Crippen LogP contribution in [0.3, 0.4) is 0 Å². The second-order valence-corrected chi connectivity index (χ2v) is 5.77. The van der Waals surface area contributed by atoms with Crippen LogP contribution in [0.1, 0.15) is 19.8 Å². The maximum atomic E-state index is 4.52. The van der Waals surface area contributed by atoms with Crippen molar-refractivity contribution >= 4 is 22.8 Å². The molecule has 4 nitrogen and oxygen atoms in total. The van der Waals surface area contributed by atoms with Crippen molar-refractivity contribution in [2.24, 2.45) is 0 Å². The van der Waals surface area contributed by atoms with Gasteiger partial charge in [0, 0.05) is 10.5 Å². The van der Waals surface area contributed by atoms with Gasteiger partial charge in [-0.1, -0.05) is 25.5 Å². The zero-order chi connectivity index (χ0) is 13.8. The third-order valence-corrected chi connectivity index (χ3v) is 4.19. The van der Waals surface area contributed by atoms with E-state index in [-0.39, 0.29) is 0 Å². The van der Waals surface area contributed by atoms with E-state index in [0.29, 0.717) is 0 Å². The Morgan fingerprint density at radius 1 is 1.10 bits per heavy atom. The van der Waals surface area contributed by atoms with E-state index in [9.17, 15) is 0 Å². The van der Waals surface area contributed by atoms with Crippen LogP contribution in [0.2, 0.25) is 0 Å². The van der Waals surface area contributed by atoms with Crippen molar-refractivity contribution < 1.29 is 0 Å². The molecule has 0 saturated carbocycles. The molecule has 0 aliphatic rings. The Morgan fingerprint density at radius 2 is 1.90 bits per heavy atom. The molecule has 0 fully saturated rings. The second-order valence-electron chi connectivity index (χ2n) is 4.60. The van der Waals surface area contributed by atoms with E-state index in [1.54, 1.807) is 12.4 Å². The van der Waals surface area contributed by atoms with Crippen LogP contribution >= 0.6 is 11.8 Å². The molecule has 0 aliphatic heterocycles. The summed E-state index contributed by atoms with van der Waals surface area (Å²) >= 11 is 1.90. The lowest BCUT2D eigenvalue weighted by molar-refractivity contribution is 0.896. The average molecular weight is 284 g/mol. The first-order chi connectivity index (χ1) is 9.86. The van der Waals surface area contributed by atoms with Crippen LogP contribution in [0.25, 0.3) is 22.4 Å². The summed E-state index contributed by atoms with van der Waals surface area (Å²) in [7, 11) is 0. The summed E-state index contributed by atoms with van der Waals surface area (Å²) in [6, 6.07) is 8.51. The number of unbranched alkanes of at least 4 members (excludes halogenated alkanes) is 1. The van der Waals surface area contributed by atoms with Crippen LogP contribution < -0.4 is 0 Å². The Balaban J connectivity index is 1.79. The Hall–Kier alpha value is -1.88. The quantitative estimate of drug-likeness (QED) is 0.570. The van der Waals surface area contributed by atoms with Crippen LogP contribution in [-0.2, 0) is 0 Å². The van der Waals surface area contributed by atoms with E-state index in [0.717, 1.165) is 22.4 Å². The van der Waals surface area contributed by atoms with E-state index >= 15 is 0 Å². The van der Waals surface area contributed by atoms with Crippen molar-refractivity contribution in [3.63, 3.8) is 0 Å². The third-order valence-electron chi connectivity index (χ3n) is 3.09. The first-order valence-electron chi connectivity index (χ1n) is 6.76. The molecule has 0 atom stereocenters. The summed E-state index contributed by atoms with van der Waals surface area (Å²) in [6.07, 6.45) is 5.87. The molecule has 0 bridgehead atoms. The summed E-state index contributed by atoms with van der Waals surface area (Å²) in [5.74, 6) is 2.04. The number of nitrogens with one attached hydrogen (secondary N) is 1. The number of hydrogen-bond acceptors (Lipinski definition) is 4. The van der Waals surface area contributed by atoms with Gasteiger partial charge in [-0.15, -0.1) is 11.8 Å². The maximum Gasteiger partial charge on any atom is 0.138 e. The fraction of sp³-hybridized carbons (Fsp3) is 0.267. The van der Waals surface area contributed by atoms with Gasteiger partial charge in [-0.25, -0.2) is 4.98 Å². The van der Waals surface area contributed by atoms with Crippen LogP contribution in [0.15, 0.2) is 41.6 Å². The third kappa shape index (κ3) is 2.82. The summed E-state index contributed by atoms with van der Waals surface area (Å²) < 4.78 is 0. The molecule has 1 N–H and O–H groups in total. The van der Waals surface area contributed by atoms with E-state index in [2.05, 4.69) is 51.4 Å². The summed E-state index contributed by atoms with van der Waals surface area (Å²) in [5.41, 5.74) is 2.84. The minimum Gasteiger partial charge on any atom is -0.337 e. The highest BCUT2D eigenvalue weighted by Crippen LogP contribution is 2.24. The van der Waals surface area contributed by atoms with Gasteiger partial charge in [-0.05, 0) is 24.3 Å². The van der Waals surface area contributed by atoms with Gasteiger partial charge in [-0.3, -0.25) is 0 Å². The Kier molecular flexibility index (Phi) is 3.97. The highest BCUT2D eigenvalue weighted by atomic mass is 32.2. The Bertz CT molecular complexity index is 657. The molecule has 5 heteroatoms. The topological polar surface area (TPSA) is 54.5 Å². The molecule has 1 aromatic carbocycles. The number of thioether (sulfide) groups is 1. The number of aromatic nitrogens is 4.